The third-order valence-electron chi connectivity index (χ3n) is 2.17. The summed E-state index contributed by atoms with van der Waals surface area (Å²) in [4.78, 5) is 1.05. The fourth-order valence-electron chi connectivity index (χ4n) is 1.29. The van der Waals surface area contributed by atoms with Gasteiger partial charge in [0.25, 0.3) is 0 Å². The Kier molecular flexibility index (Phi) is 2.18. The summed E-state index contributed by atoms with van der Waals surface area (Å²) in [5.74, 6) is 0. The maximum atomic E-state index is 5.69. The number of fused-ring (bicyclic) bond motifs is 1. The summed E-state index contributed by atoms with van der Waals surface area (Å²) in [5, 5.41) is 0. The lowest BCUT2D eigenvalue weighted by atomic mass is 10.2. The molecule has 68 valence electrons. The lowest BCUT2D eigenvalue weighted by Crippen LogP contribution is -2.24. The second kappa shape index (κ2) is 3.20. The zero-order valence-electron chi connectivity index (χ0n) is 7.62. The quantitative estimate of drug-likeness (QED) is 0.632. The largest absolute Gasteiger partial charge is 0.356 e. The van der Waals surface area contributed by atoms with Gasteiger partial charge in [-0.1, -0.05) is 36.5 Å². The highest BCUT2D eigenvalue weighted by atomic mass is 32.2. The molecule has 0 spiro atoms. The van der Waals surface area contributed by atoms with Crippen molar-refractivity contribution in [3.05, 3.63) is 42.5 Å². The van der Waals surface area contributed by atoms with Crippen LogP contribution in [0.5, 0.6) is 0 Å². The normalized spacial score (nSPS) is 26.5. The van der Waals surface area contributed by atoms with Crippen molar-refractivity contribution in [2.24, 2.45) is 0 Å². The van der Waals surface area contributed by atoms with Crippen LogP contribution in [0.4, 0.5) is 0 Å². The van der Waals surface area contributed by atoms with Gasteiger partial charge in [-0.05, 0) is 24.6 Å². The highest BCUT2D eigenvalue weighted by Gasteiger charge is 2.28. The van der Waals surface area contributed by atoms with E-state index >= 15 is 0 Å². The second-order valence-electron chi connectivity index (χ2n) is 3.22. The monoisotopic (exact) mass is 192 g/mol. The third kappa shape index (κ3) is 1.64. The molecule has 0 bridgehead atoms. The van der Waals surface area contributed by atoms with E-state index in [9.17, 15) is 0 Å². The third-order valence-corrected chi connectivity index (χ3v) is 3.48. The molecule has 0 fully saturated rings. The molecule has 0 saturated carbocycles. The maximum absolute atomic E-state index is 5.69. The van der Waals surface area contributed by atoms with Gasteiger partial charge in [0.15, 0.2) is 0 Å². The topological polar surface area (TPSA) is 9.23 Å². The smallest absolute Gasteiger partial charge is 0.134 e. The average molecular weight is 192 g/mol. The molecule has 0 radical (unpaired) electrons. The number of hydrogen-bond donors (Lipinski definition) is 0. The van der Waals surface area contributed by atoms with Crippen molar-refractivity contribution in [3.8, 4) is 0 Å². The Morgan fingerprint density at radius 2 is 2.31 bits per heavy atom. The number of hydrogen-bond acceptors (Lipinski definition) is 2. The number of thioether (sulfide) groups is 1. The Morgan fingerprint density at radius 3 is 3.08 bits per heavy atom. The zero-order valence-corrected chi connectivity index (χ0v) is 8.43. The highest BCUT2D eigenvalue weighted by Crippen LogP contribution is 2.41. The minimum atomic E-state index is -0.256. The summed E-state index contributed by atoms with van der Waals surface area (Å²) >= 11 is 1.72. The van der Waals surface area contributed by atoms with Gasteiger partial charge < -0.3 is 4.74 Å². The maximum Gasteiger partial charge on any atom is 0.134 e. The molecule has 0 aromatic heterocycles. The van der Waals surface area contributed by atoms with E-state index in [0.29, 0.717) is 6.61 Å². The Morgan fingerprint density at radius 1 is 1.54 bits per heavy atom. The molecule has 1 aliphatic heterocycles. The molecule has 0 aliphatic carbocycles. The van der Waals surface area contributed by atoms with Crippen LogP contribution in [0.25, 0.3) is 0 Å². The van der Waals surface area contributed by atoms with Gasteiger partial charge in [-0.25, -0.2) is 0 Å². The first kappa shape index (κ1) is 8.85. The number of benzene rings is 1. The molecule has 1 atom stereocenters. The van der Waals surface area contributed by atoms with Gasteiger partial charge >= 0.3 is 0 Å². The number of rotatable bonds is 1. The van der Waals surface area contributed by atoms with Crippen LogP contribution in [0.2, 0.25) is 0 Å². The van der Waals surface area contributed by atoms with Gasteiger partial charge in [0.2, 0.25) is 0 Å². The summed E-state index contributed by atoms with van der Waals surface area (Å²) in [6.45, 7) is 6.51. The van der Waals surface area contributed by atoms with E-state index in [1.54, 1.807) is 11.8 Å². The summed E-state index contributed by atoms with van der Waals surface area (Å²) in [6.07, 6.45) is 1.85. The Labute approximate surface area is 82.8 Å². The average Bonchev–Trinajstić information content (AvgIpc) is 2.18. The molecule has 0 N–H and O–H groups in total. The van der Waals surface area contributed by atoms with E-state index < -0.39 is 0 Å². The van der Waals surface area contributed by atoms with Crippen molar-refractivity contribution < 1.29 is 4.74 Å². The molecular formula is C11H12OS. The molecule has 1 aliphatic rings. The summed E-state index contributed by atoms with van der Waals surface area (Å²) in [5.41, 5.74) is 1.27. The van der Waals surface area contributed by atoms with Crippen LogP contribution in [-0.4, -0.2) is 4.93 Å². The van der Waals surface area contributed by atoms with Gasteiger partial charge in [0.1, 0.15) is 4.93 Å². The van der Waals surface area contributed by atoms with Gasteiger partial charge in [-0.15, -0.1) is 0 Å². The van der Waals surface area contributed by atoms with Crippen LogP contribution in [0, 0.1) is 0 Å². The van der Waals surface area contributed by atoms with Crippen molar-refractivity contribution in [1.82, 2.24) is 0 Å². The number of ether oxygens (including phenoxy) is 1. The van der Waals surface area contributed by atoms with Crippen LogP contribution in [0.15, 0.2) is 41.8 Å². The van der Waals surface area contributed by atoms with Crippen LogP contribution >= 0.6 is 11.8 Å². The summed E-state index contributed by atoms with van der Waals surface area (Å²) < 4.78 is 5.69. The van der Waals surface area contributed by atoms with Crippen molar-refractivity contribution in [2.75, 3.05) is 0 Å². The van der Waals surface area contributed by atoms with Crippen LogP contribution in [-0.2, 0) is 11.3 Å². The first-order valence-corrected chi connectivity index (χ1v) is 5.10. The molecule has 1 heterocycles. The second-order valence-corrected chi connectivity index (χ2v) is 4.67. The molecule has 2 rings (SSSR count). The van der Waals surface area contributed by atoms with Crippen molar-refractivity contribution in [2.45, 2.75) is 23.4 Å². The molecule has 1 aromatic rings. The first-order valence-electron chi connectivity index (χ1n) is 4.28. The molecule has 0 amide bonds. The molecule has 1 nitrogen and oxygen atoms in total. The van der Waals surface area contributed by atoms with E-state index in [1.807, 2.05) is 19.1 Å². The predicted molar refractivity (Wildman–Crippen MR) is 55.7 cm³/mol. The zero-order chi connectivity index (χ0) is 9.31. The van der Waals surface area contributed by atoms with Gasteiger partial charge in [-0.3, -0.25) is 0 Å². The first-order chi connectivity index (χ1) is 6.23. The molecule has 1 aromatic carbocycles. The lowest BCUT2D eigenvalue weighted by molar-refractivity contribution is 0.0531. The van der Waals surface area contributed by atoms with Crippen molar-refractivity contribution in [1.29, 1.82) is 0 Å². The Bertz CT molecular complexity index is 335. The Hall–Kier alpha value is -0.730. The fraction of sp³-hybridized carbons (Fsp3) is 0.273. The van der Waals surface area contributed by atoms with Crippen molar-refractivity contribution in [3.63, 3.8) is 0 Å². The molecule has 2 heteroatoms. The van der Waals surface area contributed by atoms with E-state index in [2.05, 4.69) is 24.8 Å². The molecule has 0 saturated heterocycles. The standard InChI is InChI=1S/C11H12OS/c1-3-11(2)12-8-9-6-4-5-7-10(9)13-11/h3-7H,1,8H2,2H3. The molecular weight excluding hydrogens is 180 g/mol. The SMILES string of the molecule is C=CC1(C)OCc2ccccc2S1. The van der Waals surface area contributed by atoms with Gasteiger partial charge in [0, 0.05) is 4.90 Å². The minimum Gasteiger partial charge on any atom is -0.356 e. The summed E-state index contributed by atoms with van der Waals surface area (Å²) in [6, 6.07) is 8.33. The fourth-order valence-corrected chi connectivity index (χ4v) is 2.33. The van der Waals surface area contributed by atoms with Crippen molar-refractivity contribution >= 4 is 11.8 Å². The van der Waals surface area contributed by atoms with Crippen LogP contribution in [0.1, 0.15) is 12.5 Å². The van der Waals surface area contributed by atoms with E-state index in [4.69, 9.17) is 4.74 Å². The molecule has 13 heavy (non-hydrogen) atoms. The Balaban J connectivity index is 2.34. The van der Waals surface area contributed by atoms with Gasteiger partial charge in [-0.2, -0.15) is 0 Å². The van der Waals surface area contributed by atoms with E-state index in [0.717, 1.165) is 0 Å². The highest BCUT2D eigenvalue weighted by molar-refractivity contribution is 8.00. The van der Waals surface area contributed by atoms with Gasteiger partial charge in [0.05, 0.1) is 6.61 Å². The minimum absolute atomic E-state index is 0.256. The van der Waals surface area contributed by atoms with Crippen LogP contribution < -0.4 is 0 Å². The lowest BCUT2D eigenvalue weighted by Gasteiger charge is -2.31. The van der Waals surface area contributed by atoms with Crippen LogP contribution in [0.3, 0.4) is 0 Å². The van der Waals surface area contributed by atoms with E-state index in [-0.39, 0.29) is 4.93 Å². The molecule has 1 unspecified atom stereocenters. The van der Waals surface area contributed by atoms with E-state index in [1.165, 1.54) is 10.5 Å². The summed E-state index contributed by atoms with van der Waals surface area (Å²) in [7, 11) is 0. The predicted octanol–water partition coefficient (Wildman–Crippen LogP) is 3.21.